The van der Waals surface area contributed by atoms with Crippen molar-refractivity contribution >= 4 is 29.1 Å². The van der Waals surface area contributed by atoms with Crippen LogP contribution in [0.5, 0.6) is 0 Å². The molecule has 0 aliphatic carbocycles. The number of rotatable bonds is 5. The largest absolute Gasteiger partial charge is 0.322 e. The van der Waals surface area contributed by atoms with Crippen LogP contribution in [0.25, 0.3) is 0 Å². The quantitative estimate of drug-likeness (QED) is 0.769. The molecule has 1 saturated heterocycles. The zero-order valence-electron chi connectivity index (χ0n) is 16.4. The van der Waals surface area contributed by atoms with E-state index in [2.05, 4.69) is 29.5 Å². The fourth-order valence-corrected chi connectivity index (χ4v) is 3.52. The third-order valence-electron chi connectivity index (χ3n) is 5.13. The van der Waals surface area contributed by atoms with E-state index >= 15 is 0 Å². The Morgan fingerprint density at radius 3 is 2.47 bits per heavy atom. The molecule has 0 unspecified atom stereocenters. The van der Waals surface area contributed by atoms with Gasteiger partial charge in [-0.15, -0.1) is 0 Å². The number of carbonyl (C=O) groups excluding carboxylic acids is 3. The van der Waals surface area contributed by atoms with Crippen LogP contribution in [0, 0.1) is 5.82 Å². The molecule has 2 heterocycles. The van der Waals surface area contributed by atoms with Crippen LogP contribution in [0.3, 0.4) is 0 Å². The molecule has 30 heavy (non-hydrogen) atoms. The molecule has 4 rings (SSSR count). The topological polar surface area (TPSA) is 94.4 Å². The monoisotopic (exact) mass is 409 g/mol. The first-order valence-corrected chi connectivity index (χ1v) is 9.56. The van der Waals surface area contributed by atoms with Crippen LogP contribution in [0.4, 0.5) is 15.8 Å². The standard InChI is InChI=1S/C21H20FN5O3/c1-12(2)13-7-9-14(10-8-13)27-20(29)18-19(21(27)30)26(25-24-18)11-17(28)23-16-6-4-3-5-15(16)22/h3-10,12,18-19H,11H2,1-2H3,(H,23,28)/t18-,19-/m0/s1. The van der Waals surface area contributed by atoms with E-state index < -0.39 is 35.6 Å². The molecule has 0 spiro atoms. The number of hydrogen-bond donors (Lipinski definition) is 1. The van der Waals surface area contributed by atoms with Crippen LogP contribution in [0.1, 0.15) is 25.3 Å². The van der Waals surface area contributed by atoms with Crippen LogP contribution < -0.4 is 10.2 Å². The minimum atomic E-state index is -0.997. The minimum absolute atomic E-state index is 0.0240. The summed E-state index contributed by atoms with van der Waals surface area (Å²) in [5.41, 5.74) is 1.56. The van der Waals surface area contributed by atoms with Gasteiger partial charge < -0.3 is 5.32 Å². The van der Waals surface area contributed by atoms with E-state index in [1.807, 2.05) is 12.1 Å². The number of hydrogen-bond acceptors (Lipinski definition) is 6. The molecule has 0 saturated carbocycles. The smallest absolute Gasteiger partial charge is 0.263 e. The molecule has 1 N–H and O–H groups in total. The van der Waals surface area contributed by atoms with Gasteiger partial charge in [0.05, 0.1) is 11.4 Å². The highest BCUT2D eigenvalue weighted by Crippen LogP contribution is 2.32. The second kappa shape index (κ2) is 7.66. The lowest BCUT2D eigenvalue weighted by molar-refractivity contribution is -0.123. The number of para-hydroxylation sites is 1. The Morgan fingerprint density at radius 2 is 1.80 bits per heavy atom. The molecule has 0 radical (unpaired) electrons. The van der Waals surface area contributed by atoms with E-state index in [9.17, 15) is 18.8 Å². The highest BCUT2D eigenvalue weighted by atomic mass is 19.1. The Bertz CT molecular complexity index is 1040. The average Bonchev–Trinajstić information content (AvgIpc) is 3.23. The predicted molar refractivity (Wildman–Crippen MR) is 107 cm³/mol. The molecule has 0 bridgehead atoms. The fourth-order valence-electron chi connectivity index (χ4n) is 3.52. The Labute approximate surface area is 172 Å². The number of halogens is 1. The Hall–Kier alpha value is -3.62. The number of fused-ring (bicyclic) bond motifs is 1. The Balaban J connectivity index is 1.49. The summed E-state index contributed by atoms with van der Waals surface area (Å²) in [4.78, 5) is 39.1. The number of amides is 3. The lowest BCUT2D eigenvalue weighted by Gasteiger charge is -2.20. The summed E-state index contributed by atoms with van der Waals surface area (Å²) in [7, 11) is 0. The molecule has 154 valence electrons. The molecular weight excluding hydrogens is 389 g/mol. The molecule has 1 fully saturated rings. The van der Waals surface area contributed by atoms with Crippen molar-refractivity contribution in [3.63, 3.8) is 0 Å². The number of benzene rings is 2. The van der Waals surface area contributed by atoms with Crippen LogP contribution in [0.15, 0.2) is 58.9 Å². The second-order valence-electron chi connectivity index (χ2n) is 7.48. The minimum Gasteiger partial charge on any atom is -0.322 e. The van der Waals surface area contributed by atoms with Gasteiger partial charge in [-0.05, 0) is 35.7 Å². The maximum atomic E-state index is 13.7. The van der Waals surface area contributed by atoms with Gasteiger partial charge >= 0.3 is 0 Å². The molecule has 2 atom stereocenters. The van der Waals surface area contributed by atoms with Gasteiger partial charge in [0, 0.05) is 0 Å². The molecule has 3 amide bonds. The second-order valence-corrected chi connectivity index (χ2v) is 7.48. The molecule has 9 heteroatoms. The number of nitrogens with one attached hydrogen (secondary N) is 1. The highest BCUT2D eigenvalue weighted by molar-refractivity contribution is 6.25. The van der Waals surface area contributed by atoms with E-state index in [1.54, 1.807) is 18.2 Å². The van der Waals surface area contributed by atoms with Gasteiger partial charge in [0.15, 0.2) is 12.1 Å². The average molecular weight is 409 g/mol. The van der Waals surface area contributed by atoms with E-state index in [1.165, 1.54) is 23.2 Å². The van der Waals surface area contributed by atoms with Gasteiger partial charge in [-0.3, -0.25) is 19.4 Å². The van der Waals surface area contributed by atoms with Gasteiger partial charge in [-0.25, -0.2) is 9.29 Å². The van der Waals surface area contributed by atoms with Crippen molar-refractivity contribution < 1.29 is 18.8 Å². The summed E-state index contributed by atoms with van der Waals surface area (Å²) in [6, 6.07) is 10.9. The summed E-state index contributed by atoms with van der Waals surface area (Å²) in [5, 5.41) is 11.3. The number of anilines is 2. The van der Waals surface area contributed by atoms with E-state index in [0.717, 1.165) is 10.5 Å². The molecular formula is C21H20FN5O3. The number of nitrogens with zero attached hydrogens (tertiary/aromatic N) is 4. The number of carbonyl (C=O) groups is 3. The van der Waals surface area contributed by atoms with E-state index in [4.69, 9.17) is 0 Å². The molecule has 0 aromatic heterocycles. The lowest BCUT2D eigenvalue weighted by atomic mass is 10.0. The molecule has 2 aromatic rings. The van der Waals surface area contributed by atoms with Crippen LogP contribution >= 0.6 is 0 Å². The van der Waals surface area contributed by atoms with Gasteiger partial charge in [0.25, 0.3) is 11.8 Å². The molecule has 2 aliphatic rings. The fraction of sp³-hybridized carbons (Fsp3) is 0.286. The van der Waals surface area contributed by atoms with Crippen LogP contribution in [-0.2, 0) is 14.4 Å². The van der Waals surface area contributed by atoms with Crippen molar-refractivity contribution in [3.05, 3.63) is 59.9 Å². The SMILES string of the molecule is CC(C)c1ccc(N2C(=O)[C@H]3N=NN(CC(=O)Nc4ccccc4F)[C@@H]3C2=O)cc1. The third kappa shape index (κ3) is 3.42. The van der Waals surface area contributed by atoms with Crippen molar-refractivity contribution in [1.29, 1.82) is 0 Å². The zero-order valence-corrected chi connectivity index (χ0v) is 16.4. The van der Waals surface area contributed by atoms with Crippen molar-refractivity contribution in [3.8, 4) is 0 Å². The molecule has 2 aliphatic heterocycles. The Morgan fingerprint density at radius 1 is 1.10 bits per heavy atom. The molecule has 8 nitrogen and oxygen atoms in total. The van der Waals surface area contributed by atoms with E-state index in [0.29, 0.717) is 11.6 Å². The summed E-state index contributed by atoms with van der Waals surface area (Å²) in [6.45, 7) is 3.77. The maximum absolute atomic E-state index is 13.7. The first kappa shape index (κ1) is 19.7. The first-order chi connectivity index (χ1) is 14.4. The summed E-state index contributed by atoms with van der Waals surface area (Å²) in [5.74, 6) is -1.80. The van der Waals surface area contributed by atoms with Crippen molar-refractivity contribution in [2.75, 3.05) is 16.8 Å². The lowest BCUT2D eigenvalue weighted by Crippen LogP contribution is -2.43. The van der Waals surface area contributed by atoms with Gasteiger partial charge in [0.1, 0.15) is 12.4 Å². The maximum Gasteiger partial charge on any atom is 0.263 e. The highest BCUT2D eigenvalue weighted by Gasteiger charge is 2.55. The first-order valence-electron chi connectivity index (χ1n) is 9.56. The van der Waals surface area contributed by atoms with Gasteiger partial charge in [-0.1, -0.05) is 43.3 Å². The number of imide groups is 1. The van der Waals surface area contributed by atoms with E-state index in [-0.39, 0.29) is 12.2 Å². The van der Waals surface area contributed by atoms with Gasteiger partial charge in [-0.2, -0.15) is 5.11 Å². The van der Waals surface area contributed by atoms with Crippen LogP contribution in [0.2, 0.25) is 0 Å². The molecule has 2 aromatic carbocycles. The van der Waals surface area contributed by atoms with Crippen LogP contribution in [-0.4, -0.2) is 41.4 Å². The zero-order chi connectivity index (χ0) is 21.4. The predicted octanol–water partition coefficient (Wildman–Crippen LogP) is 2.88. The third-order valence-corrected chi connectivity index (χ3v) is 5.13. The summed E-state index contributed by atoms with van der Waals surface area (Å²) in [6.07, 6.45) is 0. The summed E-state index contributed by atoms with van der Waals surface area (Å²) >= 11 is 0. The van der Waals surface area contributed by atoms with Crippen molar-refractivity contribution in [2.24, 2.45) is 10.3 Å². The van der Waals surface area contributed by atoms with Gasteiger partial charge in [0.2, 0.25) is 5.91 Å². The van der Waals surface area contributed by atoms with Crippen molar-refractivity contribution in [1.82, 2.24) is 5.01 Å². The normalized spacial score (nSPS) is 20.3. The van der Waals surface area contributed by atoms with Crippen molar-refractivity contribution in [2.45, 2.75) is 31.8 Å². The summed E-state index contributed by atoms with van der Waals surface area (Å²) < 4.78 is 13.7. The Kier molecular flexibility index (Phi) is 5.03.